The van der Waals surface area contributed by atoms with E-state index in [1.165, 1.54) is 0 Å². The molecule has 0 aromatic heterocycles. The average Bonchev–Trinajstić information content (AvgIpc) is 3.16. The van der Waals surface area contributed by atoms with Crippen LogP contribution in [0.1, 0.15) is 205 Å². The zero-order valence-corrected chi connectivity index (χ0v) is 46.4. The van der Waals surface area contributed by atoms with Gasteiger partial charge in [-0.2, -0.15) is 0 Å². The number of hydrogen-bond acceptors (Lipinski definition) is 8. The van der Waals surface area contributed by atoms with E-state index in [1.54, 1.807) is 0 Å². The highest BCUT2D eigenvalue weighted by Gasteiger charge is 2.30. The fraction of sp³-hybridized carbons (Fsp3) is 0.567. The molecule has 384 valence electrons. The quantitative estimate of drug-likeness (QED) is 0.121. The highest BCUT2D eigenvalue weighted by Crippen LogP contribution is 2.44. The maximum absolute atomic E-state index is 12.9. The second kappa shape index (κ2) is 20.4. The molecule has 5 rings (SSSR count). The molecule has 2 amide bonds. The lowest BCUT2D eigenvalue weighted by Crippen LogP contribution is -2.40. The molecule has 0 aliphatic heterocycles. The molecule has 0 fully saturated rings. The monoisotopic (exact) mass is 963 g/mol. The lowest BCUT2D eigenvalue weighted by atomic mass is 9.79. The molecule has 4 aromatic rings. The number of carbonyl (C=O) groups excluding carboxylic acids is 2. The molecular weight excluding hydrogens is 877 g/mol. The molecule has 0 radical (unpaired) electrons. The summed E-state index contributed by atoms with van der Waals surface area (Å²) >= 11 is 0. The first-order valence-electron chi connectivity index (χ1n) is 25.2. The first-order chi connectivity index (χ1) is 31.9. The van der Waals surface area contributed by atoms with Gasteiger partial charge in [-0.15, -0.1) is 0 Å². The summed E-state index contributed by atoms with van der Waals surface area (Å²) in [5.74, 6) is 1.68. The Morgan fingerprint density at radius 1 is 0.429 bits per heavy atom. The topological polar surface area (TPSA) is 136 Å². The van der Waals surface area contributed by atoms with Gasteiger partial charge in [-0.1, -0.05) is 132 Å². The summed E-state index contributed by atoms with van der Waals surface area (Å²) in [5, 5.41) is 31.2. The van der Waals surface area contributed by atoms with Crippen molar-refractivity contribution >= 4 is 12.2 Å². The van der Waals surface area contributed by atoms with Crippen molar-refractivity contribution < 1.29 is 38.7 Å². The minimum atomic E-state index is -0.663. The third-order valence-corrected chi connectivity index (χ3v) is 12.5. The minimum Gasteiger partial charge on any atom is -0.507 e. The molecule has 4 N–H and O–H groups in total. The van der Waals surface area contributed by atoms with Crippen LogP contribution in [0.2, 0.25) is 0 Å². The van der Waals surface area contributed by atoms with Gasteiger partial charge in [0.15, 0.2) is 0 Å². The summed E-state index contributed by atoms with van der Waals surface area (Å²) in [7, 11) is 0. The SMILES string of the molecule is C[C@H](COc1c2cc(C(C)(C)C)cc1Cc1cc(C(C)(C)C)cc(c1O)Cc1cc(C(C)(C)C)cc(c1OC[C@@H](C)NC(=O)OC(C)(C)C)Cc1cc(C(C)(C)C)cc(c1O)C2)NC(=O)OC(C)(C)C. The number of hydrogen-bond donors (Lipinski definition) is 4. The molecule has 70 heavy (non-hydrogen) atoms. The minimum absolute atomic E-state index is 0.145. The van der Waals surface area contributed by atoms with Crippen molar-refractivity contribution in [2.45, 2.75) is 209 Å². The fourth-order valence-corrected chi connectivity index (χ4v) is 8.53. The van der Waals surface area contributed by atoms with Gasteiger partial charge in [0.1, 0.15) is 47.4 Å². The number of alkyl carbamates (subject to hydrolysis) is 2. The third-order valence-electron chi connectivity index (χ3n) is 12.5. The van der Waals surface area contributed by atoms with Crippen LogP contribution in [0.25, 0.3) is 0 Å². The van der Waals surface area contributed by atoms with Gasteiger partial charge in [-0.25, -0.2) is 9.59 Å². The van der Waals surface area contributed by atoms with E-state index >= 15 is 0 Å². The van der Waals surface area contributed by atoms with Crippen molar-refractivity contribution in [3.8, 4) is 23.0 Å². The number of benzene rings is 4. The lowest BCUT2D eigenvalue weighted by Gasteiger charge is -2.29. The van der Waals surface area contributed by atoms with E-state index < -0.39 is 35.5 Å². The lowest BCUT2D eigenvalue weighted by molar-refractivity contribution is 0.0482. The molecule has 0 saturated heterocycles. The van der Waals surface area contributed by atoms with Crippen LogP contribution in [0.3, 0.4) is 0 Å². The summed E-state index contributed by atoms with van der Waals surface area (Å²) in [5.41, 5.74) is 8.44. The van der Waals surface area contributed by atoms with Gasteiger partial charge >= 0.3 is 12.2 Å². The van der Waals surface area contributed by atoms with Crippen molar-refractivity contribution in [1.29, 1.82) is 0 Å². The van der Waals surface area contributed by atoms with E-state index in [-0.39, 0.29) is 46.4 Å². The summed E-state index contributed by atoms with van der Waals surface area (Å²) in [6.45, 7) is 41.3. The number of rotatable bonds is 8. The molecule has 0 unspecified atom stereocenters. The molecule has 0 spiro atoms. The molecule has 0 heterocycles. The van der Waals surface area contributed by atoms with Crippen LogP contribution in [0, 0.1) is 0 Å². The standard InChI is InChI=1S/C60H86N2O8/c1-35(61-53(65)69-59(15,16)17)33-67-51-41-21-37-25-45(55(3,4)5)27-39(49(37)63)23-43-31-48(58(12,13)14)32-44(52(43)68-34-36(2)62-54(66)70-60(18,19)20)24-40-28-46(56(6,7)8)26-38(50(40)64)22-42(51)30-47(29-41)57(9,10)11/h25-32,35-36,63-64H,21-24,33-34H2,1-20H3,(H,61,65)(H,62,66)/t35-,36-/m1/s1. The third kappa shape index (κ3) is 14.8. The number of phenolic OH excluding ortho intramolecular Hbond substituents is 2. The Balaban J connectivity index is 1.84. The normalized spacial score (nSPS) is 14.6. The summed E-state index contributed by atoms with van der Waals surface area (Å²) < 4.78 is 25.0. The smallest absolute Gasteiger partial charge is 0.407 e. The van der Waals surface area contributed by atoms with Crippen LogP contribution >= 0.6 is 0 Å². The van der Waals surface area contributed by atoms with Crippen LogP contribution in [0.5, 0.6) is 23.0 Å². The van der Waals surface area contributed by atoms with Crippen LogP contribution in [0.4, 0.5) is 9.59 Å². The zero-order valence-electron chi connectivity index (χ0n) is 46.4. The van der Waals surface area contributed by atoms with Crippen molar-refractivity contribution in [2.75, 3.05) is 13.2 Å². The molecule has 10 nitrogen and oxygen atoms in total. The van der Waals surface area contributed by atoms with Gasteiger partial charge in [-0.3, -0.25) is 0 Å². The van der Waals surface area contributed by atoms with Gasteiger partial charge in [0.05, 0.1) is 12.1 Å². The Labute approximate surface area is 420 Å². The molecule has 2 atom stereocenters. The van der Waals surface area contributed by atoms with E-state index in [4.69, 9.17) is 18.9 Å². The molecular formula is C60H86N2O8. The van der Waals surface area contributed by atoms with Crippen LogP contribution in [-0.4, -0.2) is 58.9 Å². The maximum Gasteiger partial charge on any atom is 0.407 e. The second-order valence-electron chi connectivity index (χ2n) is 26.0. The Kier molecular flexibility index (Phi) is 16.2. The van der Waals surface area contributed by atoms with Crippen molar-refractivity contribution in [3.05, 3.63) is 115 Å². The molecule has 10 heteroatoms. The number of phenols is 2. The van der Waals surface area contributed by atoms with Crippen LogP contribution in [0.15, 0.2) is 48.5 Å². The van der Waals surface area contributed by atoms with Crippen molar-refractivity contribution in [3.63, 3.8) is 0 Å². The van der Waals surface area contributed by atoms with E-state index in [2.05, 4.69) is 142 Å². The Hall–Kier alpha value is -5.38. The number of amides is 2. The predicted octanol–water partition coefficient (Wildman–Crippen LogP) is 13.5. The van der Waals surface area contributed by atoms with Crippen molar-refractivity contribution in [1.82, 2.24) is 10.6 Å². The van der Waals surface area contributed by atoms with E-state index in [9.17, 15) is 19.8 Å². The van der Waals surface area contributed by atoms with E-state index in [0.717, 1.165) is 66.8 Å². The number of carbonyl (C=O) groups is 2. The predicted molar refractivity (Wildman–Crippen MR) is 284 cm³/mol. The maximum atomic E-state index is 12.9. The molecule has 0 saturated carbocycles. The van der Waals surface area contributed by atoms with Gasteiger partial charge in [-0.05, 0) is 144 Å². The van der Waals surface area contributed by atoms with Crippen LogP contribution in [-0.2, 0) is 56.8 Å². The molecule has 4 aromatic carbocycles. The highest BCUT2D eigenvalue weighted by atomic mass is 16.6. The van der Waals surface area contributed by atoms with Gasteiger partial charge in [0.2, 0.25) is 0 Å². The first kappa shape index (κ1) is 55.5. The largest absolute Gasteiger partial charge is 0.507 e. The number of aromatic hydroxyl groups is 2. The fourth-order valence-electron chi connectivity index (χ4n) is 8.53. The van der Waals surface area contributed by atoms with Crippen molar-refractivity contribution in [2.24, 2.45) is 0 Å². The molecule has 1 aliphatic rings. The Morgan fingerprint density at radius 3 is 0.843 bits per heavy atom. The summed E-state index contributed by atoms with van der Waals surface area (Å²) in [6, 6.07) is 16.4. The molecule has 8 bridgehead atoms. The van der Waals surface area contributed by atoms with E-state index in [0.29, 0.717) is 37.2 Å². The number of ether oxygens (including phenoxy) is 4. The van der Waals surface area contributed by atoms with Crippen LogP contribution < -0.4 is 20.1 Å². The molecule has 1 aliphatic carbocycles. The first-order valence-corrected chi connectivity index (χ1v) is 25.2. The Bertz CT molecular complexity index is 2270. The highest BCUT2D eigenvalue weighted by molar-refractivity contribution is 5.68. The van der Waals surface area contributed by atoms with E-state index in [1.807, 2.05) is 55.4 Å². The number of fused-ring (bicyclic) bond motifs is 8. The number of nitrogens with one attached hydrogen (secondary N) is 2. The summed E-state index contributed by atoms with van der Waals surface area (Å²) in [4.78, 5) is 25.9. The van der Waals surface area contributed by atoms with Gasteiger partial charge in [0.25, 0.3) is 0 Å². The van der Waals surface area contributed by atoms with Gasteiger partial charge < -0.3 is 39.8 Å². The van der Waals surface area contributed by atoms with Gasteiger partial charge in [0, 0.05) is 25.7 Å². The zero-order chi connectivity index (χ0) is 52.7. The summed E-state index contributed by atoms with van der Waals surface area (Å²) in [6.07, 6.45) is 0.307. The Morgan fingerprint density at radius 2 is 0.643 bits per heavy atom. The second-order valence-corrected chi connectivity index (χ2v) is 26.0. The average molecular weight is 963 g/mol.